The SMILES string of the molecule is CCC1(C(=O)Nc2ccc(S(C)(=O)=O)cc2)CCCN1. The molecular formula is C14H20N2O3S. The van der Waals surface area contributed by atoms with Crippen molar-refractivity contribution in [2.24, 2.45) is 0 Å². The van der Waals surface area contributed by atoms with Crippen molar-refractivity contribution in [1.82, 2.24) is 5.32 Å². The molecule has 0 aromatic heterocycles. The Labute approximate surface area is 119 Å². The zero-order valence-electron chi connectivity index (χ0n) is 11.8. The summed E-state index contributed by atoms with van der Waals surface area (Å²) in [6.45, 7) is 2.85. The Hall–Kier alpha value is -1.40. The molecule has 110 valence electrons. The van der Waals surface area contributed by atoms with Gasteiger partial charge in [0.2, 0.25) is 5.91 Å². The van der Waals surface area contributed by atoms with E-state index in [-0.39, 0.29) is 10.8 Å². The lowest BCUT2D eigenvalue weighted by atomic mass is 9.93. The molecule has 1 fully saturated rings. The van der Waals surface area contributed by atoms with Crippen molar-refractivity contribution in [2.75, 3.05) is 18.1 Å². The van der Waals surface area contributed by atoms with Crippen molar-refractivity contribution in [3.8, 4) is 0 Å². The van der Waals surface area contributed by atoms with Gasteiger partial charge in [-0.1, -0.05) is 6.92 Å². The van der Waals surface area contributed by atoms with Crippen molar-refractivity contribution in [1.29, 1.82) is 0 Å². The van der Waals surface area contributed by atoms with E-state index in [1.165, 1.54) is 12.1 Å². The molecule has 1 atom stereocenters. The first-order chi connectivity index (χ1) is 9.37. The normalized spacial score (nSPS) is 22.7. The van der Waals surface area contributed by atoms with Gasteiger partial charge < -0.3 is 10.6 Å². The van der Waals surface area contributed by atoms with Crippen molar-refractivity contribution >= 4 is 21.4 Å². The first kappa shape index (κ1) is 15.0. The molecule has 5 nitrogen and oxygen atoms in total. The molecule has 2 rings (SSSR count). The van der Waals surface area contributed by atoms with Crippen LogP contribution in [0.4, 0.5) is 5.69 Å². The Morgan fingerprint density at radius 2 is 2.00 bits per heavy atom. The van der Waals surface area contributed by atoms with Gasteiger partial charge in [0.15, 0.2) is 9.84 Å². The van der Waals surface area contributed by atoms with Gasteiger partial charge in [-0.3, -0.25) is 4.79 Å². The van der Waals surface area contributed by atoms with Crippen LogP contribution in [0.5, 0.6) is 0 Å². The van der Waals surface area contributed by atoms with E-state index in [9.17, 15) is 13.2 Å². The maximum absolute atomic E-state index is 12.4. The molecule has 1 aliphatic heterocycles. The molecule has 2 N–H and O–H groups in total. The quantitative estimate of drug-likeness (QED) is 0.884. The van der Waals surface area contributed by atoms with Gasteiger partial charge in [-0.05, 0) is 50.1 Å². The largest absolute Gasteiger partial charge is 0.324 e. The Kier molecular flexibility index (Phi) is 4.15. The monoisotopic (exact) mass is 296 g/mol. The van der Waals surface area contributed by atoms with Crippen LogP contribution in [0.15, 0.2) is 29.2 Å². The summed E-state index contributed by atoms with van der Waals surface area (Å²) in [6.07, 6.45) is 3.72. The molecule has 0 aliphatic carbocycles. The first-order valence-electron chi connectivity index (χ1n) is 6.74. The number of hydrogen-bond donors (Lipinski definition) is 2. The highest BCUT2D eigenvalue weighted by Gasteiger charge is 2.38. The molecule has 1 amide bonds. The van der Waals surface area contributed by atoms with Gasteiger partial charge in [-0.25, -0.2) is 8.42 Å². The van der Waals surface area contributed by atoms with E-state index < -0.39 is 15.4 Å². The van der Waals surface area contributed by atoms with Crippen LogP contribution in [0, 0.1) is 0 Å². The summed E-state index contributed by atoms with van der Waals surface area (Å²) in [7, 11) is -3.21. The van der Waals surface area contributed by atoms with Crippen LogP contribution in [0.25, 0.3) is 0 Å². The van der Waals surface area contributed by atoms with Crippen LogP contribution >= 0.6 is 0 Å². The lowest BCUT2D eigenvalue weighted by molar-refractivity contribution is -0.122. The second kappa shape index (κ2) is 5.54. The van der Waals surface area contributed by atoms with E-state index in [1.807, 2.05) is 6.92 Å². The molecular weight excluding hydrogens is 276 g/mol. The molecule has 0 saturated carbocycles. The number of hydrogen-bond acceptors (Lipinski definition) is 4. The molecule has 1 aromatic rings. The fourth-order valence-corrected chi connectivity index (χ4v) is 3.13. The lowest BCUT2D eigenvalue weighted by Crippen LogP contribution is -2.50. The van der Waals surface area contributed by atoms with Crippen molar-refractivity contribution in [2.45, 2.75) is 36.6 Å². The average molecular weight is 296 g/mol. The van der Waals surface area contributed by atoms with E-state index in [2.05, 4.69) is 10.6 Å². The molecule has 0 bridgehead atoms. The molecule has 1 unspecified atom stereocenters. The number of carbonyl (C=O) groups excluding carboxylic acids is 1. The highest BCUT2D eigenvalue weighted by molar-refractivity contribution is 7.90. The third-order valence-electron chi connectivity index (χ3n) is 3.82. The second-order valence-electron chi connectivity index (χ2n) is 5.22. The number of anilines is 1. The number of nitrogens with one attached hydrogen (secondary N) is 2. The maximum Gasteiger partial charge on any atom is 0.244 e. The topological polar surface area (TPSA) is 75.3 Å². The maximum atomic E-state index is 12.4. The van der Waals surface area contributed by atoms with E-state index in [0.29, 0.717) is 5.69 Å². The number of carbonyl (C=O) groups is 1. The summed E-state index contributed by atoms with van der Waals surface area (Å²) in [4.78, 5) is 12.6. The van der Waals surface area contributed by atoms with Gasteiger partial charge in [0, 0.05) is 11.9 Å². The Morgan fingerprint density at radius 1 is 1.35 bits per heavy atom. The Bertz CT molecular complexity index is 587. The summed E-state index contributed by atoms with van der Waals surface area (Å²) in [6, 6.07) is 6.25. The molecule has 1 saturated heterocycles. The third-order valence-corrected chi connectivity index (χ3v) is 4.95. The van der Waals surface area contributed by atoms with Crippen LogP contribution in [-0.2, 0) is 14.6 Å². The Morgan fingerprint density at radius 3 is 2.45 bits per heavy atom. The average Bonchev–Trinajstić information content (AvgIpc) is 2.88. The van der Waals surface area contributed by atoms with Crippen LogP contribution in [-0.4, -0.2) is 32.7 Å². The third kappa shape index (κ3) is 3.02. The first-order valence-corrected chi connectivity index (χ1v) is 8.63. The van der Waals surface area contributed by atoms with Crippen molar-refractivity contribution in [3.63, 3.8) is 0 Å². The van der Waals surface area contributed by atoms with Crippen LogP contribution in [0.2, 0.25) is 0 Å². The molecule has 20 heavy (non-hydrogen) atoms. The number of sulfone groups is 1. The summed E-state index contributed by atoms with van der Waals surface area (Å²) in [5.41, 5.74) is 0.124. The van der Waals surface area contributed by atoms with E-state index >= 15 is 0 Å². The fraction of sp³-hybridized carbons (Fsp3) is 0.500. The zero-order chi connectivity index (χ0) is 14.8. The van der Waals surface area contributed by atoms with Gasteiger partial charge in [0.25, 0.3) is 0 Å². The minimum atomic E-state index is -3.21. The second-order valence-corrected chi connectivity index (χ2v) is 7.23. The van der Waals surface area contributed by atoms with Gasteiger partial charge >= 0.3 is 0 Å². The van der Waals surface area contributed by atoms with E-state index in [1.54, 1.807) is 12.1 Å². The summed E-state index contributed by atoms with van der Waals surface area (Å²) in [5, 5.41) is 6.13. The van der Waals surface area contributed by atoms with Crippen molar-refractivity contribution < 1.29 is 13.2 Å². The molecule has 1 aromatic carbocycles. The fourth-order valence-electron chi connectivity index (χ4n) is 2.50. The van der Waals surface area contributed by atoms with Crippen molar-refractivity contribution in [3.05, 3.63) is 24.3 Å². The minimum Gasteiger partial charge on any atom is -0.324 e. The predicted molar refractivity (Wildman–Crippen MR) is 78.4 cm³/mol. The van der Waals surface area contributed by atoms with Crippen LogP contribution < -0.4 is 10.6 Å². The number of amides is 1. The Balaban J connectivity index is 2.12. The summed E-state index contributed by atoms with van der Waals surface area (Å²) in [5.74, 6) is -0.0513. The number of benzene rings is 1. The van der Waals surface area contributed by atoms with Gasteiger partial charge in [0.1, 0.15) is 0 Å². The van der Waals surface area contributed by atoms with E-state index in [4.69, 9.17) is 0 Å². The van der Waals surface area contributed by atoms with Gasteiger partial charge in [-0.2, -0.15) is 0 Å². The molecule has 1 aliphatic rings. The lowest BCUT2D eigenvalue weighted by Gasteiger charge is -2.26. The van der Waals surface area contributed by atoms with Crippen LogP contribution in [0.3, 0.4) is 0 Å². The number of rotatable bonds is 4. The summed E-state index contributed by atoms with van der Waals surface area (Å²) < 4.78 is 22.8. The molecule has 0 spiro atoms. The molecule has 6 heteroatoms. The van der Waals surface area contributed by atoms with Gasteiger partial charge in [0.05, 0.1) is 10.4 Å². The smallest absolute Gasteiger partial charge is 0.244 e. The highest BCUT2D eigenvalue weighted by Crippen LogP contribution is 2.25. The molecule has 1 heterocycles. The summed E-state index contributed by atoms with van der Waals surface area (Å²) >= 11 is 0. The van der Waals surface area contributed by atoms with E-state index in [0.717, 1.165) is 32.1 Å². The highest BCUT2D eigenvalue weighted by atomic mass is 32.2. The van der Waals surface area contributed by atoms with Gasteiger partial charge in [-0.15, -0.1) is 0 Å². The zero-order valence-corrected chi connectivity index (χ0v) is 12.6. The standard InChI is InChI=1S/C14H20N2O3S/c1-3-14(9-4-10-15-14)13(17)16-11-5-7-12(8-6-11)20(2,18)19/h5-8,15H,3-4,9-10H2,1-2H3,(H,16,17). The van der Waals surface area contributed by atoms with Crippen LogP contribution in [0.1, 0.15) is 26.2 Å². The minimum absolute atomic E-state index is 0.0513. The molecule has 0 radical (unpaired) electrons. The predicted octanol–water partition coefficient (Wildman–Crippen LogP) is 1.56.